The summed E-state index contributed by atoms with van der Waals surface area (Å²) in [6, 6.07) is 2.01. The lowest BCUT2D eigenvalue weighted by atomic mass is 10.1. The fraction of sp³-hybridized carbons (Fsp3) is 1.00. The van der Waals surface area contributed by atoms with Gasteiger partial charge >= 0.3 is 0 Å². The summed E-state index contributed by atoms with van der Waals surface area (Å²) < 4.78 is 0. The second-order valence-corrected chi connectivity index (χ2v) is 5.26. The van der Waals surface area contributed by atoms with Gasteiger partial charge in [-0.2, -0.15) is 0 Å². The lowest BCUT2D eigenvalue weighted by Gasteiger charge is -2.42. The van der Waals surface area contributed by atoms with Crippen molar-refractivity contribution in [3.63, 3.8) is 0 Å². The quantitative estimate of drug-likeness (QED) is 0.736. The molecule has 1 saturated heterocycles. The van der Waals surface area contributed by atoms with Gasteiger partial charge in [0.1, 0.15) is 0 Å². The van der Waals surface area contributed by atoms with Crippen LogP contribution in [0.1, 0.15) is 32.6 Å². The van der Waals surface area contributed by atoms with Gasteiger partial charge in [0, 0.05) is 37.8 Å². The zero-order valence-corrected chi connectivity index (χ0v) is 10.2. The van der Waals surface area contributed by atoms with E-state index < -0.39 is 0 Å². The second-order valence-electron chi connectivity index (χ2n) is 5.26. The average Bonchev–Trinajstić information content (AvgIpc) is 2.66. The van der Waals surface area contributed by atoms with E-state index in [1.54, 1.807) is 0 Å². The SMILES string of the molecule is CCC1CN(C2CCC(N)C2)CCN1C. The number of hydrogen-bond acceptors (Lipinski definition) is 3. The van der Waals surface area contributed by atoms with Crippen molar-refractivity contribution in [2.75, 3.05) is 26.7 Å². The molecular formula is C12H25N3. The molecule has 2 N–H and O–H groups in total. The lowest BCUT2D eigenvalue weighted by Crippen LogP contribution is -2.53. The topological polar surface area (TPSA) is 32.5 Å². The van der Waals surface area contributed by atoms with Crippen LogP contribution >= 0.6 is 0 Å². The van der Waals surface area contributed by atoms with Crippen LogP contribution in [0.15, 0.2) is 0 Å². The minimum absolute atomic E-state index is 0.467. The summed E-state index contributed by atoms with van der Waals surface area (Å²) in [5, 5.41) is 0. The predicted molar refractivity (Wildman–Crippen MR) is 63.9 cm³/mol. The standard InChI is InChI=1S/C12H25N3/c1-3-11-9-15(7-6-14(11)2)12-5-4-10(13)8-12/h10-12H,3-9,13H2,1-2H3. The Kier molecular flexibility index (Phi) is 3.65. The van der Waals surface area contributed by atoms with Crippen LogP contribution in [0.2, 0.25) is 0 Å². The molecule has 0 aromatic heterocycles. The van der Waals surface area contributed by atoms with Crippen molar-refractivity contribution in [2.24, 2.45) is 5.73 Å². The molecule has 88 valence electrons. The van der Waals surface area contributed by atoms with Crippen molar-refractivity contribution in [2.45, 2.75) is 50.7 Å². The van der Waals surface area contributed by atoms with Gasteiger partial charge in [-0.15, -0.1) is 0 Å². The van der Waals surface area contributed by atoms with E-state index in [1.165, 1.54) is 45.3 Å². The number of rotatable bonds is 2. The summed E-state index contributed by atoms with van der Waals surface area (Å²) >= 11 is 0. The summed E-state index contributed by atoms with van der Waals surface area (Å²) in [6.45, 7) is 6.02. The Morgan fingerprint density at radius 2 is 2.07 bits per heavy atom. The van der Waals surface area contributed by atoms with Crippen molar-refractivity contribution in [3.8, 4) is 0 Å². The highest BCUT2D eigenvalue weighted by Crippen LogP contribution is 2.25. The summed E-state index contributed by atoms with van der Waals surface area (Å²) in [6.07, 6.45) is 5.04. The van der Waals surface area contributed by atoms with Crippen LogP contribution in [-0.4, -0.2) is 54.6 Å². The van der Waals surface area contributed by atoms with Gasteiger partial charge in [-0.3, -0.25) is 4.90 Å². The van der Waals surface area contributed by atoms with E-state index in [-0.39, 0.29) is 0 Å². The smallest absolute Gasteiger partial charge is 0.0218 e. The Morgan fingerprint density at radius 1 is 1.27 bits per heavy atom. The van der Waals surface area contributed by atoms with Crippen LogP contribution in [-0.2, 0) is 0 Å². The van der Waals surface area contributed by atoms with Gasteiger partial charge in [-0.05, 0) is 32.7 Å². The maximum atomic E-state index is 5.99. The molecule has 2 fully saturated rings. The number of nitrogens with two attached hydrogens (primary N) is 1. The van der Waals surface area contributed by atoms with Crippen molar-refractivity contribution in [1.82, 2.24) is 9.80 Å². The van der Waals surface area contributed by atoms with Crippen LogP contribution in [0.5, 0.6) is 0 Å². The van der Waals surface area contributed by atoms with Crippen LogP contribution in [0.4, 0.5) is 0 Å². The van der Waals surface area contributed by atoms with Crippen molar-refractivity contribution >= 4 is 0 Å². The zero-order valence-electron chi connectivity index (χ0n) is 10.2. The van der Waals surface area contributed by atoms with Crippen molar-refractivity contribution < 1.29 is 0 Å². The first-order valence-corrected chi connectivity index (χ1v) is 6.40. The summed E-state index contributed by atoms with van der Waals surface area (Å²) in [5.41, 5.74) is 5.99. The molecule has 1 aliphatic heterocycles. The van der Waals surface area contributed by atoms with E-state index in [0.29, 0.717) is 6.04 Å². The Hall–Kier alpha value is -0.120. The molecule has 1 heterocycles. The first-order chi connectivity index (χ1) is 7.20. The van der Waals surface area contributed by atoms with Crippen LogP contribution in [0, 0.1) is 0 Å². The third-order valence-corrected chi connectivity index (χ3v) is 4.24. The third kappa shape index (κ3) is 2.52. The van der Waals surface area contributed by atoms with Crippen molar-refractivity contribution in [3.05, 3.63) is 0 Å². The highest BCUT2D eigenvalue weighted by molar-refractivity contribution is 4.89. The van der Waals surface area contributed by atoms with Gasteiger partial charge in [0.05, 0.1) is 0 Å². The molecule has 0 bridgehead atoms. The molecule has 2 rings (SSSR count). The minimum Gasteiger partial charge on any atom is -0.328 e. The lowest BCUT2D eigenvalue weighted by molar-refractivity contribution is 0.0638. The average molecular weight is 211 g/mol. The molecule has 0 aromatic carbocycles. The molecule has 3 unspecified atom stereocenters. The summed E-state index contributed by atoms with van der Waals surface area (Å²) in [4.78, 5) is 5.19. The minimum atomic E-state index is 0.467. The normalized spacial score (nSPS) is 39.8. The monoisotopic (exact) mass is 211 g/mol. The summed E-state index contributed by atoms with van der Waals surface area (Å²) in [5.74, 6) is 0. The Labute approximate surface area is 93.6 Å². The Bertz CT molecular complexity index is 207. The molecule has 1 saturated carbocycles. The number of nitrogens with zero attached hydrogens (tertiary/aromatic N) is 2. The van der Waals surface area contributed by atoms with Gasteiger partial charge in [-0.25, -0.2) is 0 Å². The maximum absolute atomic E-state index is 5.99. The van der Waals surface area contributed by atoms with Crippen LogP contribution < -0.4 is 5.73 Å². The molecule has 0 aromatic rings. The first kappa shape index (κ1) is 11.4. The molecule has 3 atom stereocenters. The van der Waals surface area contributed by atoms with Crippen LogP contribution in [0.3, 0.4) is 0 Å². The fourth-order valence-electron chi connectivity index (χ4n) is 3.07. The van der Waals surface area contributed by atoms with E-state index in [9.17, 15) is 0 Å². The molecular weight excluding hydrogens is 186 g/mol. The van der Waals surface area contributed by atoms with Gasteiger partial charge in [0.15, 0.2) is 0 Å². The molecule has 3 heteroatoms. The highest BCUT2D eigenvalue weighted by Gasteiger charge is 2.31. The van der Waals surface area contributed by atoms with Gasteiger partial charge < -0.3 is 10.6 Å². The van der Waals surface area contributed by atoms with Crippen molar-refractivity contribution in [1.29, 1.82) is 0 Å². The van der Waals surface area contributed by atoms with E-state index in [0.717, 1.165) is 12.1 Å². The van der Waals surface area contributed by atoms with E-state index in [1.807, 2.05) is 0 Å². The van der Waals surface area contributed by atoms with E-state index in [4.69, 9.17) is 5.73 Å². The van der Waals surface area contributed by atoms with Gasteiger partial charge in [-0.1, -0.05) is 6.92 Å². The number of hydrogen-bond donors (Lipinski definition) is 1. The molecule has 3 nitrogen and oxygen atoms in total. The second kappa shape index (κ2) is 4.81. The largest absolute Gasteiger partial charge is 0.328 e. The highest BCUT2D eigenvalue weighted by atomic mass is 15.3. The Morgan fingerprint density at radius 3 is 2.67 bits per heavy atom. The van der Waals surface area contributed by atoms with E-state index in [2.05, 4.69) is 23.8 Å². The van der Waals surface area contributed by atoms with Gasteiger partial charge in [0.2, 0.25) is 0 Å². The molecule has 2 aliphatic rings. The third-order valence-electron chi connectivity index (χ3n) is 4.24. The molecule has 0 radical (unpaired) electrons. The summed E-state index contributed by atoms with van der Waals surface area (Å²) in [7, 11) is 2.26. The first-order valence-electron chi connectivity index (χ1n) is 6.40. The number of likely N-dealkylation sites (N-methyl/N-ethyl adjacent to an activating group) is 1. The Balaban J connectivity index is 1.88. The maximum Gasteiger partial charge on any atom is 0.0218 e. The van der Waals surface area contributed by atoms with E-state index >= 15 is 0 Å². The molecule has 0 spiro atoms. The molecule has 0 amide bonds. The zero-order chi connectivity index (χ0) is 10.8. The van der Waals surface area contributed by atoms with Crippen LogP contribution in [0.25, 0.3) is 0 Å². The molecule has 1 aliphatic carbocycles. The number of piperazine rings is 1. The predicted octanol–water partition coefficient (Wildman–Crippen LogP) is 0.892. The molecule has 15 heavy (non-hydrogen) atoms. The fourth-order valence-corrected chi connectivity index (χ4v) is 3.07. The van der Waals surface area contributed by atoms with Gasteiger partial charge in [0.25, 0.3) is 0 Å².